The van der Waals surface area contributed by atoms with Gasteiger partial charge < -0.3 is 23.5 Å². The van der Waals surface area contributed by atoms with Crippen LogP contribution in [0.3, 0.4) is 0 Å². The number of hydrogen-bond donors (Lipinski definition) is 0. The predicted molar refractivity (Wildman–Crippen MR) is 189 cm³/mol. The van der Waals surface area contributed by atoms with Crippen molar-refractivity contribution in [3.05, 3.63) is 89.1 Å². The van der Waals surface area contributed by atoms with E-state index in [1.54, 1.807) is 6.07 Å². The maximum absolute atomic E-state index is 14.3. The summed E-state index contributed by atoms with van der Waals surface area (Å²) in [7, 11) is -5.98. The summed E-state index contributed by atoms with van der Waals surface area (Å²) in [5.41, 5.74) is 2.90. The van der Waals surface area contributed by atoms with Gasteiger partial charge in [-0.25, -0.2) is 9.59 Å². The Morgan fingerprint density at radius 2 is 1.78 bits per heavy atom. The molecule has 1 saturated heterocycles. The van der Waals surface area contributed by atoms with Crippen molar-refractivity contribution in [1.82, 2.24) is 9.31 Å². The molecule has 14 heteroatoms. The van der Waals surface area contributed by atoms with E-state index >= 15 is 0 Å². The fourth-order valence-corrected chi connectivity index (χ4v) is 10.7. The molecule has 1 amide bonds. The Balaban J connectivity index is 1.48. The summed E-state index contributed by atoms with van der Waals surface area (Å²) >= 11 is 0. The number of carbonyl (C=O) groups excluding carboxylic acids is 3. The summed E-state index contributed by atoms with van der Waals surface area (Å²) in [6, 6.07) is 17.4. The van der Waals surface area contributed by atoms with Gasteiger partial charge in [-0.15, -0.1) is 0 Å². The van der Waals surface area contributed by atoms with Crippen LogP contribution in [0.25, 0.3) is 0 Å². The molecule has 0 radical (unpaired) electrons. The molecule has 268 valence electrons. The number of ether oxygens (including phenoxy) is 3. The molecular formula is C36H45N3O9SSi. The van der Waals surface area contributed by atoms with Gasteiger partial charge in [-0.2, -0.15) is 17.9 Å². The first kappa shape index (κ1) is 37.0. The third-order valence-electron chi connectivity index (χ3n) is 9.85. The highest BCUT2D eigenvalue weighted by atomic mass is 32.2. The van der Waals surface area contributed by atoms with Crippen molar-refractivity contribution < 1.29 is 41.4 Å². The molecule has 1 unspecified atom stereocenters. The average Bonchev–Trinajstić information content (AvgIpc) is 3.32. The quantitative estimate of drug-likeness (QED) is 0.0740. The highest BCUT2D eigenvalue weighted by molar-refractivity contribution is 7.89. The fraction of sp³-hybridized carbons (Fsp3) is 0.444. The summed E-state index contributed by atoms with van der Waals surface area (Å²) in [4.78, 5) is 39.6. The Bertz CT molecular complexity index is 1800. The Labute approximate surface area is 294 Å². The molecule has 12 nitrogen and oxygen atoms in total. The van der Waals surface area contributed by atoms with Crippen molar-refractivity contribution in [2.24, 2.45) is 11.0 Å². The highest BCUT2D eigenvalue weighted by Gasteiger charge is 2.53. The molecule has 2 aromatic rings. The van der Waals surface area contributed by atoms with Gasteiger partial charge in [-0.05, 0) is 47.8 Å². The highest BCUT2D eigenvalue weighted by Crippen LogP contribution is 2.44. The smallest absolute Gasteiger partial charge is 0.430 e. The third kappa shape index (κ3) is 7.28. The summed E-state index contributed by atoms with van der Waals surface area (Å²) in [5.74, 6) is -1.60. The molecular weight excluding hydrogens is 679 g/mol. The van der Waals surface area contributed by atoms with Crippen LogP contribution in [0.1, 0.15) is 57.7 Å². The minimum absolute atomic E-state index is 0.0765. The number of rotatable bonds is 15. The van der Waals surface area contributed by atoms with Crippen molar-refractivity contribution in [2.75, 3.05) is 19.8 Å². The fourth-order valence-electron chi connectivity index (χ4n) is 6.70. The summed E-state index contributed by atoms with van der Waals surface area (Å²) in [5, 5.41) is 4.71. The predicted octanol–water partition coefficient (Wildman–Crippen LogP) is 5.74. The first-order valence-electron chi connectivity index (χ1n) is 17.0. The van der Waals surface area contributed by atoms with Crippen LogP contribution in [0.4, 0.5) is 4.79 Å². The number of nitrogens with zero attached hydrogens (tertiary/aromatic N) is 3. The van der Waals surface area contributed by atoms with Crippen LogP contribution in [0.5, 0.6) is 0 Å². The number of benzene rings is 2. The van der Waals surface area contributed by atoms with Gasteiger partial charge >= 0.3 is 12.1 Å². The molecule has 0 aliphatic carbocycles. The average molecular weight is 724 g/mol. The number of β-lactam (4-membered cyclic amide) rings is 1. The van der Waals surface area contributed by atoms with Crippen molar-refractivity contribution in [3.63, 3.8) is 0 Å². The number of carbonyl (C=O) groups is 3. The van der Waals surface area contributed by atoms with E-state index in [0.29, 0.717) is 29.9 Å². The van der Waals surface area contributed by atoms with Gasteiger partial charge in [0.1, 0.15) is 18.0 Å². The number of hydrazone groups is 1. The van der Waals surface area contributed by atoms with Crippen molar-refractivity contribution in [1.29, 1.82) is 0 Å². The van der Waals surface area contributed by atoms with E-state index in [1.165, 1.54) is 17.9 Å². The molecule has 0 spiro atoms. The standard InChI is InChI=1S/C36H45N3O9SSi/c1-7-19-45-36(42)48-25(6)47-35(41)34-29(24(5)30-22-32(40)39(30)34)23-38-37-33(27-14-12-11-13-15-27)28-21-26(16-17-31(28)49(38,43)44)18-20-46-50(8-2,9-3)10-4/h7,11-17,21,24-25,30H,1,8-10,18-20,22-23H2,2-6H3/t24?,25-,30+/m1/s1. The van der Waals surface area contributed by atoms with Gasteiger partial charge in [0.05, 0.1) is 17.5 Å². The molecule has 1 fully saturated rings. The molecule has 3 heterocycles. The van der Waals surface area contributed by atoms with E-state index in [-0.39, 0.29) is 48.0 Å². The number of amides is 1. The minimum Gasteiger partial charge on any atom is -0.430 e. The first-order valence-corrected chi connectivity index (χ1v) is 21.0. The summed E-state index contributed by atoms with van der Waals surface area (Å²) < 4.78 is 51.1. The monoisotopic (exact) mass is 723 g/mol. The number of esters is 1. The van der Waals surface area contributed by atoms with Crippen LogP contribution in [0.2, 0.25) is 18.1 Å². The summed E-state index contributed by atoms with van der Waals surface area (Å²) in [6.07, 6.45) is -0.234. The lowest BCUT2D eigenvalue weighted by Crippen LogP contribution is -2.52. The molecule has 50 heavy (non-hydrogen) atoms. The van der Waals surface area contributed by atoms with Crippen molar-refractivity contribution >= 4 is 42.1 Å². The lowest BCUT2D eigenvalue weighted by atomic mass is 9.90. The zero-order chi connectivity index (χ0) is 36.2. The van der Waals surface area contributed by atoms with E-state index in [9.17, 15) is 22.8 Å². The Kier molecular flexibility index (Phi) is 11.3. The van der Waals surface area contributed by atoms with Crippen LogP contribution in [0.15, 0.2) is 82.5 Å². The third-order valence-corrected chi connectivity index (χ3v) is 16.2. The summed E-state index contributed by atoms with van der Waals surface area (Å²) in [6.45, 7) is 13.3. The van der Waals surface area contributed by atoms with Crippen LogP contribution < -0.4 is 0 Å². The minimum atomic E-state index is -4.19. The maximum Gasteiger partial charge on any atom is 0.511 e. The first-order chi connectivity index (χ1) is 23.9. The van der Waals surface area contributed by atoms with Crippen LogP contribution in [-0.4, -0.2) is 81.9 Å². The van der Waals surface area contributed by atoms with Crippen LogP contribution >= 0.6 is 0 Å². The van der Waals surface area contributed by atoms with Gasteiger partial charge in [0.15, 0.2) is 8.32 Å². The van der Waals surface area contributed by atoms with Gasteiger partial charge in [0.2, 0.25) is 12.2 Å². The van der Waals surface area contributed by atoms with Gasteiger partial charge in [-0.3, -0.25) is 4.79 Å². The van der Waals surface area contributed by atoms with E-state index in [2.05, 4.69) is 27.4 Å². The van der Waals surface area contributed by atoms with Crippen LogP contribution in [-0.2, 0) is 44.7 Å². The molecule has 0 aromatic heterocycles. The van der Waals surface area contributed by atoms with Crippen molar-refractivity contribution in [2.45, 2.75) is 82.8 Å². The normalized spacial score (nSPS) is 19.9. The second kappa shape index (κ2) is 15.3. The van der Waals surface area contributed by atoms with Crippen LogP contribution in [0, 0.1) is 5.92 Å². The largest absolute Gasteiger partial charge is 0.511 e. The van der Waals surface area contributed by atoms with E-state index in [1.807, 2.05) is 49.4 Å². The molecule has 0 N–H and O–H groups in total. The molecule has 3 atom stereocenters. The second-order valence-electron chi connectivity index (χ2n) is 12.6. The zero-order valence-electron chi connectivity index (χ0n) is 29.2. The maximum atomic E-state index is 14.3. The lowest BCUT2D eigenvalue weighted by Gasteiger charge is -2.37. The number of fused-ring (bicyclic) bond motifs is 2. The SMILES string of the molecule is C=CCOC(=O)O[C@H](C)OC(=O)C1=C(CN2N=C(c3ccccc3)c3cc(CCO[Si](CC)(CC)CC)ccc3S2(=O)=O)C(C)[C@@H]2CC(=O)N12. The van der Waals surface area contributed by atoms with Crippen molar-refractivity contribution in [3.8, 4) is 0 Å². The molecule has 2 aromatic carbocycles. The lowest BCUT2D eigenvalue weighted by molar-refractivity contribution is -0.168. The Morgan fingerprint density at radius 1 is 1.08 bits per heavy atom. The molecule has 3 aliphatic rings. The van der Waals surface area contributed by atoms with E-state index < -0.39 is 36.8 Å². The molecule has 0 saturated carbocycles. The topological polar surface area (TPSA) is 141 Å². The van der Waals surface area contributed by atoms with E-state index in [0.717, 1.165) is 33.7 Å². The Hall–Kier alpha value is -4.27. The Morgan fingerprint density at radius 3 is 2.42 bits per heavy atom. The zero-order valence-corrected chi connectivity index (χ0v) is 31.0. The van der Waals surface area contributed by atoms with Gasteiger partial charge in [0.25, 0.3) is 10.0 Å². The number of hydrogen-bond acceptors (Lipinski definition) is 10. The molecule has 3 aliphatic heterocycles. The molecule has 0 bridgehead atoms. The number of sulfonamides is 1. The second-order valence-corrected chi connectivity index (χ2v) is 19.2. The molecule has 5 rings (SSSR count). The van der Waals surface area contributed by atoms with Gasteiger partial charge in [-0.1, -0.05) is 76.7 Å². The van der Waals surface area contributed by atoms with Gasteiger partial charge in [0, 0.05) is 37.0 Å². The van der Waals surface area contributed by atoms with E-state index in [4.69, 9.17) is 23.7 Å².